The summed E-state index contributed by atoms with van der Waals surface area (Å²) >= 11 is 7.95. The van der Waals surface area contributed by atoms with E-state index in [2.05, 4.69) is 30.4 Å². The molecular weight excluding hydrogens is 486 g/mol. The SMILES string of the molecule is CCCc1ccc(CCNC(=O)OC(C)(C)C)cc1OCCCSc1ccc(OC(C)=O)cc1Cl. The third-order valence-corrected chi connectivity index (χ3v) is 6.29. The van der Waals surface area contributed by atoms with Crippen LogP contribution in [0.3, 0.4) is 0 Å². The first-order valence-electron chi connectivity index (χ1n) is 11.9. The fraction of sp³-hybridized carbons (Fsp3) is 0.481. The molecule has 1 N–H and O–H groups in total. The van der Waals surface area contributed by atoms with Gasteiger partial charge in [0.25, 0.3) is 0 Å². The predicted molar refractivity (Wildman–Crippen MR) is 142 cm³/mol. The zero-order chi connectivity index (χ0) is 25.8. The number of esters is 1. The van der Waals surface area contributed by atoms with Gasteiger partial charge in [0.1, 0.15) is 17.1 Å². The minimum absolute atomic E-state index is 0.371. The summed E-state index contributed by atoms with van der Waals surface area (Å²) in [6.07, 6.45) is 3.12. The molecule has 0 aliphatic carbocycles. The van der Waals surface area contributed by atoms with Crippen LogP contribution in [-0.4, -0.2) is 36.6 Å². The number of amides is 1. The van der Waals surface area contributed by atoms with Crippen molar-refractivity contribution in [2.75, 3.05) is 18.9 Å². The lowest BCUT2D eigenvalue weighted by Crippen LogP contribution is -2.33. The number of nitrogens with one attached hydrogen (secondary N) is 1. The van der Waals surface area contributed by atoms with E-state index in [1.807, 2.05) is 26.8 Å². The molecule has 2 aromatic rings. The number of hydrogen-bond acceptors (Lipinski definition) is 6. The largest absolute Gasteiger partial charge is 0.493 e. The van der Waals surface area contributed by atoms with Crippen LogP contribution in [0.25, 0.3) is 0 Å². The van der Waals surface area contributed by atoms with Crippen LogP contribution in [-0.2, 0) is 22.4 Å². The van der Waals surface area contributed by atoms with Gasteiger partial charge in [0.2, 0.25) is 0 Å². The van der Waals surface area contributed by atoms with Gasteiger partial charge >= 0.3 is 12.1 Å². The van der Waals surface area contributed by atoms with E-state index >= 15 is 0 Å². The predicted octanol–water partition coefficient (Wildman–Crippen LogP) is 6.85. The molecule has 0 aromatic heterocycles. The van der Waals surface area contributed by atoms with Crippen molar-refractivity contribution in [2.45, 2.75) is 70.8 Å². The molecule has 0 saturated carbocycles. The number of hydrogen-bond donors (Lipinski definition) is 1. The van der Waals surface area contributed by atoms with E-state index in [0.717, 1.165) is 41.2 Å². The minimum atomic E-state index is -0.510. The zero-order valence-corrected chi connectivity index (χ0v) is 22.8. The summed E-state index contributed by atoms with van der Waals surface area (Å²) in [5, 5.41) is 3.36. The average Bonchev–Trinajstić information content (AvgIpc) is 2.75. The summed E-state index contributed by atoms with van der Waals surface area (Å²) in [5.74, 6) is 1.81. The van der Waals surface area contributed by atoms with Gasteiger partial charge in [0.15, 0.2) is 0 Å². The minimum Gasteiger partial charge on any atom is -0.493 e. The van der Waals surface area contributed by atoms with Crippen LogP contribution in [0.15, 0.2) is 41.3 Å². The highest BCUT2D eigenvalue weighted by atomic mass is 35.5. The van der Waals surface area contributed by atoms with E-state index in [9.17, 15) is 9.59 Å². The summed E-state index contributed by atoms with van der Waals surface area (Å²) in [6, 6.07) is 11.5. The summed E-state index contributed by atoms with van der Waals surface area (Å²) in [5.41, 5.74) is 1.78. The lowest BCUT2D eigenvalue weighted by Gasteiger charge is -2.19. The van der Waals surface area contributed by atoms with Gasteiger partial charge in [0, 0.05) is 30.2 Å². The van der Waals surface area contributed by atoms with E-state index in [-0.39, 0.29) is 5.97 Å². The number of carbonyl (C=O) groups is 2. The molecule has 0 saturated heterocycles. The Hall–Kier alpha value is -2.38. The van der Waals surface area contributed by atoms with Crippen molar-refractivity contribution in [1.82, 2.24) is 5.32 Å². The molecule has 0 spiro atoms. The molecule has 0 heterocycles. The lowest BCUT2D eigenvalue weighted by atomic mass is 10.0. The first-order valence-corrected chi connectivity index (χ1v) is 13.3. The monoisotopic (exact) mass is 521 g/mol. The molecule has 1 amide bonds. The first kappa shape index (κ1) is 28.9. The zero-order valence-electron chi connectivity index (χ0n) is 21.2. The van der Waals surface area contributed by atoms with Crippen molar-refractivity contribution >= 4 is 35.4 Å². The fourth-order valence-electron chi connectivity index (χ4n) is 3.24. The van der Waals surface area contributed by atoms with Crippen molar-refractivity contribution < 1.29 is 23.8 Å². The van der Waals surface area contributed by atoms with Crippen molar-refractivity contribution in [3.8, 4) is 11.5 Å². The van der Waals surface area contributed by atoms with E-state index < -0.39 is 11.7 Å². The maximum atomic E-state index is 11.9. The van der Waals surface area contributed by atoms with Crippen LogP contribution in [0.5, 0.6) is 11.5 Å². The average molecular weight is 522 g/mol. The van der Waals surface area contributed by atoms with Crippen LogP contribution in [0.4, 0.5) is 4.79 Å². The smallest absolute Gasteiger partial charge is 0.407 e. The van der Waals surface area contributed by atoms with Gasteiger partial charge in [0.05, 0.1) is 11.6 Å². The Balaban J connectivity index is 1.84. The van der Waals surface area contributed by atoms with Crippen LogP contribution >= 0.6 is 23.4 Å². The summed E-state index contributed by atoms with van der Waals surface area (Å²) in [4.78, 5) is 23.9. The Morgan fingerprint density at radius 1 is 1.09 bits per heavy atom. The summed E-state index contributed by atoms with van der Waals surface area (Å²) < 4.78 is 16.5. The highest BCUT2D eigenvalue weighted by molar-refractivity contribution is 7.99. The standard InChI is InChI=1S/C27H36ClNO5S/c1-6-8-21-10-9-20(13-14-29-26(31)34-27(3,4)5)17-24(21)32-15-7-16-35-25-12-11-22(18-23(25)28)33-19(2)30/h9-12,17-18H,6-8,13-16H2,1-5H3,(H,29,31). The maximum absolute atomic E-state index is 11.9. The number of halogens is 1. The van der Waals surface area contributed by atoms with Gasteiger partial charge in [-0.2, -0.15) is 0 Å². The molecule has 0 aliphatic heterocycles. The molecule has 8 heteroatoms. The van der Waals surface area contributed by atoms with Crippen molar-refractivity contribution in [1.29, 1.82) is 0 Å². The molecule has 2 rings (SSSR count). The second kappa shape index (κ2) is 14.2. The molecule has 0 unspecified atom stereocenters. The number of alkyl carbamates (subject to hydrolysis) is 1. The van der Waals surface area contributed by atoms with Gasteiger partial charge in [-0.15, -0.1) is 11.8 Å². The third-order valence-electron chi connectivity index (χ3n) is 4.70. The van der Waals surface area contributed by atoms with E-state index in [0.29, 0.717) is 30.3 Å². The number of ether oxygens (including phenoxy) is 3. The molecule has 35 heavy (non-hydrogen) atoms. The maximum Gasteiger partial charge on any atom is 0.407 e. The molecule has 6 nitrogen and oxygen atoms in total. The van der Waals surface area contributed by atoms with Gasteiger partial charge in [-0.25, -0.2) is 4.79 Å². The van der Waals surface area contributed by atoms with Crippen molar-refractivity contribution in [2.24, 2.45) is 0 Å². The first-order chi connectivity index (χ1) is 16.6. The van der Waals surface area contributed by atoms with Gasteiger partial charge < -0.3 is 19.5 Å². The van der Waals surface area contributed by atoms with E-state index in [4.69, 9.17) is 25.8 Å². The highest BCUT2D eigenvalue weighted by Crippen LogP contribution is 2.31. The van der Waals surface area contributed by atoms with Crippen LogP contribution in [0.1, 0.15) is 58.6 Å². The quantitative estimate of drug-likeness (QED) is 0.142. The van der Waals surface area contributed by atoms with Crippen molar-refractivity contribution in [3.63, 3.8) is 0 Å². The topological polar surface area (TPSA) is 73.9 Å². The second-order valence-electron chi connectivity index (χ2n) is 9.11. The fourth-order valence-corrected chi connectivity index (χ4v) is 4.42. The van der Waals surface area contributed by atoms with E-state index in [1.54, 1.807) is 23.9 Å². The lowest BCUT2D eigenvalue weighted by molar-refractivity contribution is -0.131. The molecule has 0 atom stereocenters. The Labute approximate surface area is 218 Å². The Bertz CT molecular complexity index is 990. The number of thioether (sulfide) groups is 1. The third kappa shape index (κ3) is 11.3. The van der Waals surface area contributed by atoms with Gasteiger partial charge in [-0.05, 0) is 69.4 Å². The van der Waals surface area contributed by atoms with Gasteiger partial charge in [-0.3, -0.25) is 4.79 Å². The number of rotatable bonds is 12. The molecule has 2 aromatic carbocycles. The Kier molecular flexibility index (Phi) is 11.7. The highest BCUT2D eigenvalue weighted by Gasteiger charge is 2.15. The second-order valence-corrected chi connectivity index (χ2v) is 10.7. The molecule has 192 valence electrons. The normalized spacial score (nSPS) is 11.1. The number of benzene rings is 2. The molecule has 0 fully saturated rings. The number of carbonyl (C=O) groups excluding carboxylic acids is 2. The van der Waals surface area contributed by atoms with Crippen LogP contribution in [0, 0.1) is 0 Å². The summed E-state index contributed by atoms with van der Waals surface area (Å²) in [6.45, 7) is 10.1. The molecule has 0 aliphatic rings. The van der Waals surface area contributed by atoms with Crippen molar-refractivity contribution in [3.05, 3.63) is 52.5 Å². The number of aryl methyl sites for hydroxylation is 1. The Morgan fingerprint density at radius 2 is 1.86 bits per heavy atom. The molecular formula is C27H36ClNO5S. The molecule has 0 radical (unpaired) electrons. The van der Waals surface area contributed by atoms with Gasteiger partial charge in [-0.1, -0.05) is 37.1 Å². The van der Waals surface area contributed by atoms with Crippen LogP contribution in [0.2, 0.25) is 5.02 Å². The van der Waals surface area contributed by atoms with E-state index in [1.165, 1.54) is 12.5 Å². The Morgan fingerprint density at radius 3 is 2.51 bits per heavy atom. The van der Waals surface area contributed by atoms with Crippen LogP contribution < -0.4 is 14.8 Å². The summed E-state index contributed by atoms with van der Waals surface area (Å²) in [7, 11) is 0. The molecule has 0 bridgehead atoms.